The molecule has 2 aromatic carbocycles. The van der Waals surface area contributed by atoms with Crippen LogP contribution < -0.4 is 4.90 Å². The van der Waals surface area contributed by atoms with Crippen LogP contribution in [0.3, 0.4) is 0 Å². The number of piperidine rings is 1. The van der Waals surface area contributed by atoms with Gasteiger partial charge in [-0.05, 0) is 54.6 Å². The summed E-state index contributed by atoms with van der Waals surface area (Å²) in [6, 6.07) is 18.0. The van der Waals surface area contributed by atoms with Crippen LogP contribution in [0.15, 0.2) is 48.5 Å². The highest BCUT2D eigenvalue weighted by atomic mass is 16.3. The Morgan fingerprint density at radius 2 is 1.70 bits per heavy atom. The van der Waals surface area contributed by atoms with Crippen molar-refractivity contribution in [2.75, 3.05) is 37.7 Å². The molecule has 1 spiro atoms. The molecular formula is C24H32N2O. The minimum Gasteiger partial charge on any atom is -0.395 e. The third-order valence-electron chi connectivity index (χ3n) is 6.55. The smallest absolute Gasteiger partial charge is 0.0606 e. The second-order valence-electron chi connectivity index (χ2n) is 8.62. The molecule has 0 bridgehead atoms. The van der Waals surface area contributed by atoms with E-state index in [0.29, 0.717) is 5.92 Å². The lowest BCUT2D eigenvalue weighted by molar-refractivity contribution is 0.159. The number of nitrogens with zero attached hydrogens (tertiary/aromatic N) is 2. The van der Waals surface area contributed by atoms with Gasteiger partial charge < -0.3 is 10.0 Å². The summed E-state index contributed by atoms with van der Waals surface area (Å²) in [5, 5.41) is 9.45. The van der Waals surface area contributed by atoms with Crippen LogP contribution in [-0.2, 0) is 12.0 Å². The normalized spacial score (nSPS) is 19.0. The van der Waals surface area contributed by atoms with Crippen LogP contribution in [0.1, 0.15) is 49.3 Å². The monoisotopic (exact) mass is 364 g/mol. The van der Waals surface area contributed by atoms with E-state index in [1.165, 1.54) is 35.2 Å². The summed E-state index contributed by atoms with van der Waals surface area (Å²) in [5.74, 6) is 0.596. The first kappa shape index (κ1) is 18.5. The van der Waals surface area contributed by atoms with Crippen molar-refractivity contribution in [2.24, 2.45) is 0 Å². The Labute approximate surface area is 163 Å². The molecule has 0 aromatic heterocycles. The van der Waals surface area contributed by atoms with E-state index in [-0.39, 0.29) is 12.0 Å². The van der Waals surface area contributed by atoms with Crippen LogP contribution in [0.2, 0.25) is 0 Å². The van der Waals surface area contributed by atoms with E-state index in [0.717, 1.165) is 32.7 Å². The zero-order valence-corrected chi connectivity index (χ0v) is 16.7. The van der Waals surface area contributed by atoms with Gasteiger partial charge in [-0.1, -0.05) is 56.3 Å². The Hall–Kier alpha value is -1.84. The average molecular weight is 365 g/mol. The minimum absolute atomic E-state index is 0.225. The fourth-order valence-electron chi connectivity index (χ4n) is 4.89. The summed E-state index contributed by atoms with van der Waals surface area (Å²) in [6.07, 6.45) is 2.41. The van der Waals surface area contributed by atoms with Gasteiger partial charge in [-0.3, -0.25) is 4.90 Å². The molecule has 0 radical (unpaired) electrons. The Balaban J connectivity index is 1.43. The number of fused-ring (bicyclic) bond motifs is 2. The van der Waals surface area contributed by atoms with Crippen LogP contribution in [0.25, 0.3) is 0 Å². The molecule has 0 atom stereocenters. The van der Waals surface area contributed by atoms with Gasteiger partial charge in [0.1, 0.15) is 0 Å². The van der Waals surface area contributed by atoms with E-state index < -0.39 is 0 Å². The zero-order chi connectivity index (χ0) is 18.9. The largest absolute Gasteiger partial charge is 0.395 e. The maximum Gasteiger partial charge on any atom is 0.0606 e. The second-order valence-corrected chi connectivity index (χ2v) is 8.62. The predicted molar refractivity (Wildman–Crippen MR) is 112 cm³/mol. The first-order chi connectivity index (χ1) is 13.1. The van der Waals surface area contributed by atoms with Crippen molar-refractivity contribution >= 4 is 5.69 Å². The van der Waals surface area contributed by atoms with Crippen LogP contribution in [0, 0.1) is 0 Å². The lowest BCUT2D eigenvalue weighted by atomic mass is 9.74. The number of para-hydroxylation sites is 1. The number of hydrogen-bond acceptors (Lipinski definition) is 3. The lowest BCUT2D eigenvalue weighted by Gasteiger charge is -2.40. The number of β-amino-alcohol motifs (C(OH)–C–C–N with tert-alkyl or cyclic N) is 1. The molecule has 2 heterocycles. The van der Waals surface area contributed by atoms with E-state index in [9.17, 15) is 5.11 Å². The van der Waals surface area contributed by atoms with Gasteiger partial charge in [0.15, 0.2) is 0 Å². The van der Waals surface area contributed by atoms with Gasteiger partial charge in [0.25, 0.3) is 0 Å². The third-order valence-corrected chi connectivity index (χ3v) is 6.55. The van der Waals surface area contributed by atoms with E-state index >= 15 is 0 Å². The van der Waals surface area contributed by atoms with Crippen LogP contribution >= 0.6 is 0 Å². The average Bonchev–Trinajstić information content (AvgIpc) is 2.98. The lowest BCUT2D eigenvalue weighted by Crippen LogP contribution is -2.45. The highest BCUT2D eigenvalue weighted by Crippen LogP contribution is 2.46. The summed E-state index contributed by atoms with van der Waals surface area (Å²) < 4.78 is 0. The van der Waals surface area contributed by atoms with Crippen molar-refractivity contribution in [3.8, 4) is 0 Å². The molecule has 0 amide bonds. The van der Waals surface area contributed by atoms with E-state index in [4.69, 9.17) is 0 Å². The standard InChI is InChI=1S/C24H32N2O/c1-19(2)21-9-7-20(8-10-21)17-25-13-11-24(12-14-25)18-26(15-16-27)23-6-4-3-5-22(23)24/h3-10,19,27H,11-18H2,1-2H3. The van der Waals surface area contributed by atoms with Crippen molar-refractivity contribution < 1.29 is 5.11 Å². The highest BCUT2D eigenvalue weighted by molar-refractivity contribution is 5.62. The van der Waals surface area contributed by atoms with Gasteiger partial charge >= 0.3 is 0 Å². The fourth-order valence-corrected chi connectivity index (χ4v) is 4.89. The molecule has 2 aromatic rings. The second kappa shape index (κ2) is 7.65. The van der Waals surface area contributed by atoms with Gasteiger partial charge in [0, 0.05) is 30.7 Å². The molecule has 3 nitrogen and oxygen atoms in total. The number of rotatable bonds is 5. The molecule has 4 rings (SSSR count). The SMILES string of the molecule is CC(C)c1ccc(CN2CCC3(CC2)CN(CCO)c2ccccc23)cc1. The van der Waals surface area contributed by atoms with Crippen LogP contribution in [0.5, 0.6) is 0 Å². The Morgan fingerprint density at radius 3 is 2.37 bits per heavy atom. The Morgan fingerprint density at radius 1 is 1.00 bits per heavy atom. The molecule has 1 fully saturated rings. The summed E-state index contributed by atoms with van der Waals surface area (Å²) in [5.41, 5.74) is 5.94. The zero-order valence-electron chi connectivity index (χ0n) is 16.7. The topological polar surface area (TPSA) is 26.7 Å². The maximum absolute atomic E-state index is 9.45. The van der Waals surface area contributed by atoms with Crippen molar-refractivity contribution in [1.82, 2.24) is 4.90 Å². The molecule has 1 saturated heterocycles. The van der Waals surface area contributed by atoms with Crippen LogP contribution in [0.4, 0.5) is 5.69 Å². The van der Waals surface area contributed by atoms with Gasteiger partial charge in [-0.25, -0.2) is 0 Å². The molecular weight excluding hydrogens is 332 g/mol. The van der Waals surface area contributed by atoms with Gasteiger partial charge in [-0.15, -0.1) is 0 Å². The summed E-state index contributed by atoms with van der Waals surface area (Å²) in [7, 11) is 0. The van der Waals surface area contributed by atoms with Gasteiger partial charge in [0.05, 0.1) is 6.61 Å². The number of anilines is 1. The molecule has 2 aliphatic rings. The summed E-state index contributed by atoms with van der Waals surface area (Å²) in [4.78, 5) is 4.99. The molecule has 1 N–H and O–H groups in total. The first-order valence-corrected chi connectivity index (χ1v) is 10.4. The quantitative estimate of drug-likeness (QED) is 0.863. The Kier molecular flexibility index (Phi) is 5.25. The van der Waals surface area contributed by atoms with E-state index in [1.54, 1.807) is 0 Å². The number of aliphatic hydroxyl groups is 1. The number of benzene rings is 2. The third kappa shape index (κ3) is 3.63. The predicted octanol–water partition coefficient (Wildman–Crippen LogP) is 4.16. The summed E-state index contributed by atoms with van der Waals surface area (Å²) in [6.45, 7) is 9.87. The van der Waals surface area contributed by atoms with Gasteiger partial charge in [0.2, 0.25) is 0 Å². The minimum atomic E-state index is 0.225. The van der Waals surface area contributed by atoms with Crippen molar-refractivity contribution in [1.29, 1.82) is 0 Å². The maximum atomic E-state index is 9.45. The van der Waals surface area contributed by atoms with Crippen LogP contribution in [-0.4, -0.2) is 42.8 Å². The number of hydrogen-bond donors (Lipinski definition) is 1. The molecule has 2 aliphatic heterocycles. The van der Waals surface area contributed by atoms with Gasteiger partial charge in [-0.2, -0.15) is 0 Å². The van der Waals surface area contributed by atoms with E-state index in [2.05, 4.69) is 72.2 Å². The molecule has 0 saturated carbocycles. The van der Waals surface area contributed by atoms with Crippen molar-refractivity contribution in [3.63, 3.8) is 0 Å². The fraction of sp³-hybridized carbons (Fsp3) is 0.500. The Bertz CT molecular complexity index is 760. The molecule has 3 heteroatoms. The first-order valence-electron chi connectivity index (χ1n) is 10.4. The summed E-state index contributed by atoms with van der Waals surface area (Å²) >= 11 is 0. The molecule has 144 valence electrons. The molecule has 0 aliphatic carbocycles. The number of likely N-dealkylation sites (tertiary alicyclic amines) is 1. The molecule has 27 heavy (non-hydrogen) atoms. The van der Waals surface area contributed by atoms with E-state index in [1.807, 2.05) is 0 Å². The molecule has 0 unspecified atom stereocenters. The van der Waals surface area contributed by atoms with Crippen molar-refractivity contribution in [3.05, 3.63) is 65.2 Å². The highest BCUT2D eigenvalue weighted by Gasteiger charge is 2.44. The van der Waals surface area contributed by atoms with Crippen molar-refractivity contribution in [2.45, 2.75) is 44.6 Å². The number of aliphatic hydroxyl groups excluding tert-OH is 1.